The Morgan fingerprint density at radius 3 is 1.54 bits per heavy atom. The molecule has 8 rings (SSSR count). The second kappa shape index (κ2) is 10.8. The van der Waals surface area contributed by atoms with Gasteiger partial charge in [0.25, 0.3) is 14.2 Å². The molecule has 0 saturated carbocycles. The number of hydrogen-bond donors (Lipinski definition) is 3. The van der Waals surface area contributed by atoms with Crippen LogP contribution in [0.15, 0.2) is 17.3 Å². The van der Waals surface area contributed by atoms with Gasteiger partial charge in [-0.15, -0.1) is 5.10 Å². The van der Waals surface area contributed by atoms with E-state index < -0.39 is 9.05 Å². The zero-order valence-corrected chi connectivity index (χ0v) is 25.3. The molecule has 0 aliphatic heterocycles. The third-order valence-electron chi connectivity index (χ3n) is 9.16. The molecule has 41 heavy (non-hydrogen) atoms. The number of rotatable bonds is 5. The fourth-order valence-electron chi connectivity index (χ4n) is 7.48. The van der Waals surface area contributed by atoms with E-state index in [1.54, 1.807) is 27.8 Å². The minimum Gasteiger partial charge on any atom is -0.285 e. The predicted octanol–water partition coefficient (Wildman–Crippen LogP) is 5.34. The highest BCUT2D eigenvalue weighted by Crippen LogP contribution is 2.37. The van der Waals surface area contributed by atoms with Crippen LogP contribution in [0.5, 0.6) is 0 Å². The minimum atomic E-state index is -3.88. The molecule has 0 spiro atoms. The van der Waals surface area contributed by atoms with E-state index in [1.807, 2.05) is 0 Å². The van der Waals surface area contributed by atoms with Gasteiger partial charge in [-0.2, -0.15) is 0 Å². The summed E-state index contributed by atoms with van der Waals surface area (Å²) in [6, 6.07) is 4.85. The first-order valence-electron chi connectivity index (χ1n) is 14.6. The quantitative estimate of drug-likeness (QED) is 0.208. The second-order valence-corrected chi connectivity index (χ2v) is 14.5. The number of benzene rings is 2. The Kier molecular flexibility index (Phi) is 7.11. The van der Waals surface area contributed by atoms with E-state index in [2.05, 4.69) is 42.5 Å². The maximum atomic E-state index is 11.3. The Hall–Kier alpha value is -2.82. The van der Waals surface area contributed by atoms with Gasteiger partial charge in [0.15, 0.2) is 0 Å². The fraction of sp³-hybridized carbons (Fsp3) is 0.467. The summed E-state index contributed by atoms with van der Waals surface area (Å²) >= 11 is 5.05. The van der Waals surface area contributed by atoms with E-state index in [0.29, 0.717) is 17.0 Å². The van der Waals surface area contributed by atoms with Gasteiger partial charge in [-0.1, -0.05) is 12.1 Å². The number of aryl methyl sites for hydroxylation is 4. The van der Waals surface area contributed by atoms with Crippen molar-refractivity contribution in [2.24, 2.45) is 0 Å². The molecule has 2 aromatic carbocycles. The highest BCUT2D eigenvalue weighted by atomic mass is 35.7. The fourth-order valence-corrected chi connectivity index (χ4v) is 8.23. The zero-order valence-electron chi connectivity index (χ0n) is 22.9. The van der Waals surface area contributed by atoms with Crippen molar-refractivity contribution >= 4 is 32.0 Å². The van der Waals surface area contributed by atoms with Crippen LogP contribution in [0.4, 0.5) is 0 Å². The number of H-pyrrole nitrogens is 3. The van der Waals surface area contributed by atoms with Gasteiger partial charge in [0.05, 0.1) is 0 Å². The Balaban J connectivity index is 0.000000136. The SMILES string of the molecule is O=S(=O)(Cl)c1n[nH]c(Cc2c3c(cc4c2CCC4)CCC3)n1.S=c1nc(Cc2c3c(cc4c2CCC4)CCC3)[nH][nH]1. The molecule has 0 radical (unpaired) electrons. The highest BCUT2D eigenvalue weighted by molar-refractivity contribution is 8.13. The van der Waals surface area contributed by atoms with Gasteiger partial charge in [0.1, 0.15) is 11.6 Å². The maximum Gasteiger partial charge on any atom is 0.298 e. The number of aromatic nitrogens is 6. The van der Waals surface area contributed by atoms with Crippen LogP contribution in [0.25, 0.3) is 0 Å². The highest BCUT2D eigenvalue weighted by Gasteiger charge is 2.26. The van der Waals surface area contributed by atoms with E-state index in [9.17, 15) is 8.42 Å². The average molecular weight is 609 g/mol. The summed E-state index contributed by atoms with van der Waals surface area (Å²) < 4.78 is 23.1. The third kappa shape index (κ3) is 5.30. The normalized spacial score (nSPS) is 16.7. The molecule has 2 heterocycles. The van der Waals surface area contributed by atoms with Crippen LogP contribution in [0.2, 0.25) is 0 Å². The summed E-state index contributed by atoms with van der Waals surface area (Å²) in [5, 5.41) is 12.1. The molecular weight excluding hydrogens is 576 g/mol. The first-order valence-corrected chi connectivity index (χ1v) is 17.4. The summed E-state index contributed by atoms with van der Waals surface area (Å²) in [6.45, 7) is 0. The van der Waals surface area contributed by atoms with Gasteiger partial charge in [-0.05, 0) is 145 Å². The Morgan fingerprint density at radius 2 is 1.15 bits per heavy atom. The van der Waals surface area contributed by atoms with Gasteiger partial charge in [-0.25, -0.2) is 18.4 Å². The van der Waals surface area contributed by atoms with Crippen LogP contribution in [-0.4, -0.2) is 38.8 Å². The smallest absolute Gasteiger partial charge is 0.285 e. The van der Waals surface area contributed by atoms with E-state index >= 15 is 0 Å². The lowest BCUT2D eigenvalue weighted by atomic mass is 9.92. The lowest BCUT2D eigenvalue weighted by Crippen LogP contribution is -2.03. The van der Waals surface area contributed by atoms with E-state index in [0.717, 1.165) is 37.9 Å². The van der Waals surface area contributed by atoms with E-state index in [4.69, 9.17) is 22.9 Å². The molecule has 2 aromatic heterocycles. The van der Waals surface area contributed by atoms with Crippen LogP contribution >= 0.6 is 22.9 Å². The van der Waals surface area contributed by atoms with Crippen LogP contribution in [0, 0.1) is 4.77 Å². The number of hydrogen-bond acceptors (Lipinski definition) is 6. The van der Waals surface area contributed by atoms with Gasteiger partial charge in [0, 0.05) is 23.5 Å². The van der Waals surface area contributed by atoms with Gasteiger partial charge < -0.3 is 0 Å². The van der Waals surface area contributed by atoms with Crippen molar-refractivity contribution in [1.82, 2.24) is 30.4 Å². The van der Waals surface area contributed by atoms with Crippen molar-refractivity contribution in [2.45, 2.75) is 95.0 Å². The first-order chi connectivity index (χ1) is 19.8. The number of nitrogens with zero attached hydrogens (tertiary/aromatic N) is 3. The average Bonchev–Trinajstić information content (AvgIpc) is 3.77. The summed E-state index contributed by atoms with van der Waals surface area (Å²) in [6.07, 6.45) is 16.0. The topological polar surface area (TPSA) is 120 Å². The molecule has 4 aromatic rings. The maximum absolute atomic E-state index is 11.3. The lowest BCUT2D eigenvalue weighted by Gasteiger charge is -2.14. The van der Waals surface area contributed by atoms with E-state index in [-0.39, 0.29) is 5.16 Å². The molecule has 0 amide bonds. The van der Waals surface area contributed by atoms with Crippen LogP contribution < -0.4 is 0 Å². The summed E-state index contributed by atoms with van der Waals surface area (Å²) in [5.41, 5.74) is 15.0. The molecule has 0 unspecified atom stereocenters. The van der Waals surface area contributed by atoms with Crippen molar-refractivity contribution in [3.63, 3.8) is 0 Å². The van der Waals surface area contributed by atoms with Crippen molar-refractivity contribution in [3.8, 4) is 0 Å². The number of halogens is 1. The molecule has 0 atom stereocenters. The molecular formula is C30H33ClN6O2S2. The van der Waals surface area contributed by atoms with Gasteiger partial charge >= 0.3 is 0 Å². The van der Waals surface area contributed by atoms with Crippen molar-refractivity contribution in [1.29, 1.82) is 0 Å². The second-order valence-electron chi connectivity index (χ2n) is 11.6. The van der Waals surface area contributed by atoms with Gasteiger partial charge in [-0.3, -0.25) is 15.3 Å². The number of aromatic amines is 3. The van der Waals surface area contributed by atoms with Gasteiger partial charge in [0.2, 0.25) is 4.77 Å². The predicted molar refractivity (Wildman–Crippen MR) is 160 cm³/mol. The molecule has 3 N–H and O–H groups in total. The molecule has 4 aliphatic rings. The summed E-state index contributed by atoms with van der Waals surface area (Å²) in [4.78, 5) is 8.40. The first kappa shape index (κ1) is 27.0. The molecule has 4 aliphatic carbocycles. The minimum absolute atomic E-state index is 0.339. The van der Waals surface area contributed by atoms with Crippen molar-refractivity contribution in [3.05, 3.63) is 84.2 Å². The largest absolute Gasteiger partial charge is 0.298 e. The summed E-state index contributed by atoms with van der Waals surface area (Å²) in [7, 11) is 1.41. The van der Waals surface area contributed by atoms with Crippen LogP contribution in [0.3, 0.4) is 0 Å². The molecule has 0 fully saturated rings. The third-order valence-corrected chi connectivity index (χ3v) is 10.4. The Morgan fingerprint density at radius 1 is 0.683 bits per heavy atom. The van der Waals surface area contributed by atoms with E-state index in [1.165, 1.54) is 79.2 Å². The number of nitrogens with one attached hydrogen (secondary N) is 3. The lowest BCUT2D eigenvalue weighted by molar-refractivity contribution is 0.601. The Labute approximate surface area is 249 Å². The molecule has 0 saturated heterocycles. The van der Waals surface area contributed by atoms with Crippen molar-refractivity contribution < 1.29 is 8.42 Å². The van der Waals surface area contributed by atoms with Crippen molar-refractivity contribution in [2.75, 3.05) is 0 Å². The monoisotopic (exact) mass is 608 g/mol. The molecule has 11 heteroatoms. The van der Waals surface area contributed by atoms with Crippen LogP contribution in [-0.2, 0) is 73.3 Å². The zero-order chi connectivity index (χ0) is 28.1. The molecule has 0 bridgehead atoms. The summed E-state index contributed by atoms with van der Waals surface area (Å²) in [5.74, 6) is 1.54. The number of fused-ring (bicyclic) bond motifs is 4. The van der Waals surface area contributed by atoms with Crippen LogP contribution in [0.1, 0.15) is 93.0 Å². The Bertz CT molecular complexity index is 1760. The molecule has 214 valence electrons. The molecule has 8 nitrogen and oxygen atoms in total. The standard InChI is InChI=1S/C15H16ClN3O2S.C15H17N3S/c16-22(20,21)15-17-14(18-19-15)8-13-11-5-1-3-9(11)7-10-4-2-6-12(10)13;19-15-16-14(17-18-15)8-13-11-5-1-3-9(11)7-10-4-2-6-12(10)13/h7H,1-6,8H2,(H,17,18,19);7H,1-6,8H2,(H2,16,17,18,19).